The second kappa shape index (κ2) is 4.38. The monoisotopic (exact) mass is 277 g/mol. The summed E-state index contributed by atoms with van der Waals surface area (Å²) in [4.78, 5) is 24.1. The summed E-state index contributed by atoms with van der Waals surface area (Å²) in [7, 11) is 0. The number of rotatable bonds is 2. The van der Waals surface area contributed by atoms with Gasteiger partial charge >= 0.3 is 0 Å². The molecular formula is C13H15N3O2S. The number of nitrogens with zero attached hydrogens (tertiary/aromatic N) is 1. The third kappa shape index (κ3) is 1.92. The van der Waals surface area contributed by atoms with E-state index >= 15 is 0 Å². The largest absolute Gasteiger partial charge is 0.311 e. The number of hydrogen-bond donors (Lipinski definition) is 2. The maximum absolute atomic E-state index is 12.2. The number of nitrogens with one attached hydrogen (secondary N) is 2. The van der Waals surface area contributed by atoms with E-state index in [-0.39, 0.29) is 23.4 Å². The van der Waals surface area contributed by atoms with Crippen LogP contribution in [0.2, 0.25) is 0 Å². The Kier molecular flexibility index (Phi) is 2.82. The Hall–Kier alpha value is -1.82. The fraction of sp³-hybridized carbons (Fsp3) is 0.385. The topological polar surface area (TPSA) is 66.9 Å². The smallest absolute Gasteiger partial charge is 0.270 e. The first-order valence-corrected chi connectivity index (χ1v) is 7.18. The van der Waals surface area contributed by atoms with Gasteiger partial charge in [-0.25, -0.2) is 0 Å². The maximum Gasteiger partial charge on any atom is 0.270 e. The highest BCUT2D eigenvalue weighted by Gasteiger charge is 2.33. The molecule has 5 nitrogen and oxygen atoms in total. The van der Waals surface area contributed by atoms with E-state index in [0.29, 0.717) is 17.8 Å². The molecule has 3 heterocycles. The first kappa shape index (κ1) is 12.2. The second-order valence-corrected chi connectivity index (χ2v) is 5.81. The second-order valence-electron chi connectivity index (χ2n) is 5.03. The molecule has 0 saturated carbocycles. The molecule has 1 aliphatic rings. The number of amides is 1. The number of carbonyl (C=O) groups excluding carboxylic acids is 1. The molecule has 0 saturated heterocycles. The fourth-order valence-electron chi connectivity index (χ4n) is 2.53. The zero-order valence-corrected chi connectivity index (χ0v) is 11.6. The lowest BCUT2D eigenvalue weighted by molar-refractivity contribution is -0.116. The van der Waals surface area contributed by atoms with Crippen molar-refractivity contribution in [2.75, 3.05) is 5.32 Å². The number of hydrogen-bond acceptors (Lipinski definition) is 3. The van der Waals surface area contributed by atoms with Crippen LogP contribution in [0, 0.1) is 0 Å². The molecule has 0 aliphatic carbocycles. The van der Waals surface area contributed by atoms with Crippen LogP contribution in [0.25, 0.3) is 0 Å². The highest BCUT2D eigenvalue weighted by molar-refractivity contribution is 7.08. The third-order valence-electron chi connectivity index (χ3n) is 3.42. The average molecular weight is 277 g/mol. The Morgan fingerprint density at radius 3 is 2.84 bits per heavy atom. The molecule has 19 heavy (non-hydrogen) atoms. The number of thiophene rings is 1. The number of carbonyl (C=O) groups is 1. The van der Waals surface area contributed by atoms with Crippen molar-refractivity contribution in [3.63, 3.8) is 0 Å². The Labute approximate surface area is 114 Å². The van der Waals surface area contributed by atoms with Crippen LogP contribution in [0.3, 0.4) is 0 Å². The average Bonchev–Trinajstić information content (AvgIpc) is 2.96. The maximum atomic E-state index is 12.2. The summed E-state index contributed by atoms with van der Waals surface area (Å²) < 4.78 is 1.73. The SMILES string of the molecule is CC(C)n1[nH]c(=O)c2c1NC(=O)C[C@H]2c1ccsc1. The number of anilines is 1. The van der Waals surface area contributed by atoms with Crippen molar-refractivity contribution >= 4 is 23.1 Å². The molecule has 0 radical (unpaired) electrons. The minimum Gasteiger partial charge on any atom is -0.311 e. The van der Waals surface area contributed by atoms with E-state index in [1.807, 2.05) is 30.7 Å². The summed E-state index contributed by atoms with van der Waals surface area (Å²) in [5.74, 6) is 0.434. The van der Waals surface area contributed by atoms with Gasteiger partial charge in [0, 0.05) is 18.4 Å². The first-order chi connectivity index (χ1) is 9.08. The number of aromatic amines is 1. The first-order valence-electron chi connectivity index (χ1n) is 6.24. The minimum atomic E-state index is -0.140. The van der Waals surface area contributed by atoms with Gasteiger partial charge in [0.1, 0.15) is 5.82 Å². The molecule has 0 fully saturated rings. The van der Waals surface area contributed by atoms with Crippen LogP contribution >= 0.6 is 11.3 Å². The van der Waals surface area contributed by atoms with Crippen molar-refractivity contribution in [2.45, 2.75) is 32.2 Å². The lowest BCUT2D eigenvalue weighted by atomic mass is 9.89. The molecular weight excluding hydrogens is 262 g/mol. The highest BCUT2D eigenvalue weighted by Crippen LogP contribution is 2.36. The van der Waals surface area contributed by atoms with Crippen molar-refractivity contribution in [3.8, 4) is 0 Å². The van der Waals surface area contributed by atoms with Crippen LogP contribution in [-0.2, 0) is 4.79 Å². The van der Waals surface area contributed by atoms with Crippen molar-refractivity contribution in [2.24, 2.45) is 0 Å². The van der Waals surface area contributed by atoms with E-state index in [2.05, 4.69) is 10.4 Å². The molecule has 3 rings (SSSR count). The Balaban J connectivity index is 2.19. The number of fused-ring (bicyclic) bond motifs is 1. The van der Waals surface area contributed by atoms with Gasteiger partial charge in [0.2, 0.25) is 5.91 Å². The minimum absolute atomic E-state index is 0.0444. The standard InChI is InChI=1S/C13H15N3O2S/c1-7(2)16-12-11(13(18)15-16)9(5-10(17)14-12)8-3-4-19-6-8/h3-4,6-7,9H,5H2,1-2H3,(H,14,17)(H,15,18)/t9-/m0/s1. The summed E-state index contributed by atoms with van der Waals surface area (Å²) in [6.45, 7) is 3.94. The van der Waals surface area contributed by atoms with Crippen LogP contribution in [0.15, 0.2) is 21.6 Å². The van der Waals surface area contributed by atoms with Gasteiger partial charge in [0.15, 0.2) is 0 Å². The van der Waals surface area contributed by atoms with Gasteiger partial charge in [0.05, 0.1) is 5.56 Å². The molecule has 1 aliphatic heterocycles. The van der Waals surface area contributed by atoms with Gasteiger partial charge in [0.25, 0.3) is 5.56 Å². The molecule has 0 spiro atoms. The number of aromatic nitrogens is 2. The molecule has 0 bridgehead atoms. The van der Waals surface area contributed by atoms with E-state index in [1.54, 1.807) is 16.0 Å². The quantitative estimate of drug-likeness (QED) is 0.884. The fourth-order valence-corrected chi connectivity index (χ4v) is 3.24. The molecule has 2 aromatic rings. The Morgan fingerprint density at radius 1 is 1.42 bits per heavy atom. The highest BCUT2D eigenvalue weighted by atomic mass is 32.1. The Morgan fingerprint density at radius 2 is 2.21 bits per heavy atom. The van der Waals surface area contributed by atoms with Gasteiger partial charge in [-0.3, -0.25) is 19.4 Å². The van der Waals surface area contributed by atoms with Gasteiger partial charge in [-0.2, -0.15) is 11.3 Å². The summed E-state index contributed by atoms with van der Waals surface area (Å²) in [5.41, 5.74) is 1.60. The third-order valence-corrected chi connectivity index (χ3v) is 4.12. The summed E-state index contributed by atoms with van der Waals surface area (Å²) in [6, 6.07) is 2.07. The molecule has 6 heteroatoms. The van der Waals surface area contributed by atoms with Crippen LogP contribution in [-0.4, -0.2) is 15.7 Å². The predicted molar refractivity (Wildman–Crippen MR) is 74.8 cm³/mol. The van der Waals surface area contributed by atoms with Crippen molar-refractivity contribution < 1.29 is 4.79 Å². The summed E-state index contributed by atoms with van der Waals surface area (Å²) in [5, 5.41) is 9.60. The van der Waals surface area contributed by atoms with E-state index in [0.717, 1.165) is 5.56 Å². The number of H-pyrrole nitrogens is 1. The van der Waals surface area contributed by atoms with E-state index in [1.165, 1.54) is 0 Å². The Bertz CT molecular complexity index is 667. The predicted octanol–water partition coefficient (Wildman–Crippen LogP) is 2.29. The van der Waals surface area contributed by atoms with E-state index < -0.39 is 0 Å². The van der Waals surface area contributed by atoms with Gasteiger partial charge in [-0.05, 0) is 36.2 Å². The molecule has 0 unspecified atom stereocenters. The molecule has 1 amide bonds. The zero-order valence-electron chi connectivity index (χ0n) is 10.8. The van der Waals surface area contributed by atoms with E-state index in [9.17, 15) is 9.59 Å². The molecule has 1 atom stereocenters. The lowest BCUT2D eigenvalue weighted by Gasteiger charge is -2.23. The molecule has 2 aromatic heterocycles. The zero-order chi connectivity index (χ0) is 13.6. The van der Waals surface area contributed by atoms with Crippen molar-refractivity contribution in [3.05, 3.63) is 38.3 Å². The van der Waals surface area contributed by atoms with Crippen LogP contribution in [0.1, 0.15) is 43.4 Å². The van der Waals surface area contributed by atoms with Gasteiger partial charge < -0.3 is 5.32 Å². The lowest BCUT2D eigenvalue weighted by Crippen LogP contribution is -2.26. The van der Waals surface area contributed by atoms with Crippen molar-refractivity contribution in [1.29, 1.82) is 0 Å². The van der Waals surface area contributed by atoms with Gasteiger partial charge in [-0.1, -0.05) is 0 Å². The summed E-state index contributed by atoms with van der Waals surface area (Å²) in [6.07, 6.45) is 0.328. The van der Waals surface area contributed by atoms with Crippen LogP contribution < -0.4 is 10.9 Å². The van der Waals surface area contributed by atoms with Crippen LogP contribution in [0.4, 0.5) is 5.82 Å². The summed E-state index contributed by atoms with van der Waals surface area (Å²) >= 11 is 1.58. The van der Waals surface area contributed by atoms with E-state index in [4.69, 9.17) is 0 Å². The van der Waals surface area contributed by atoms with Gasteiger partial charge in [-0.15, -0.1) is 0 Å². The molecule has 0 aromatic carbocycles. The van der Waals surface area contributed by atoms with Crippen molar-refractivity contribution in [1.82, 2.24) is 9.78 Å². The molecule has 2 N–H and O–H groups in total. The van der Waals surface area contributed by atoms with Crippen LogP contribution in [0.5, 0.6) is 0 Å². The normalized spacial score (nSPS) is 18.5. The molecule has 100 valence electrons.